The summed E-state index contributed by atoms with van der Waals surface area (Å²) in [6.07, 6.45) is 18.7. The van der Waals surface area contributed by atoms with E-state index in [9.17, 15) is 9.90 Å². The van der Waals surface area contributed by atoms with Crippen molar-refractivity contribution in [3.8, 4) is 0 Å². The second-order valence-electron chi connectivity index (χ2n) is 8.07. The van der Waals surface area contributed by atoms with E-state index in [4.69, 9.17) is 0 Å². The minimum atomic E-state index is -0.0746. The molecule has 0 aliphatic carbocycles. The van der Waals surface area contributed by atoms with Crippen molar-refractivity contribution >= 4 is 5.91 Å². The van der Waals surface area contributed by atoms with Crippen LogP contribution in [0.15, 0.2) is 0 Å². The van der Waals surface area contributed by atoms with E-state index in [1.54, 1.807) is 0 Å². The third-order valence-electron chi connectivity index (χ3n) is 4.85. The maximum absolute atomic E-state index is 11.9. The zero-order valence-electron chi connectivity index (χ0n) is 17.3. The summed E-state index contributed by atoms with van der Waals surface area (Å²) in [5, 5.41) is 12.2. The highest BCUT2D eigenvalue weighted by Crippen LogP contribution is 2.13. The Bertz CT molecular complexity index is 292. The first kappa shape index (κ1) is 24.4. The number of hydrogen-bond donors (Lipinski definition) is 2. The molecule has 2 N–H and O–H groups in total. The number of rotatable bonds is 18. The first-order chi connectivity index (χ1) is 12.1. The molecule has 0 saturated carbocycles. The second-order valence-corrected chi connectivity index (χ2v) is 8.07. The van der Waals surface area contributed by atoms with E-state index in [1.807, 2.05) is 0 Å². The van der Waals surface area contributed by atoms with Gasteiger partial charge in [-0.05, 0) is 18.8 Å². The number of carbonyl (C=O) groups is 1. The maximum Gasteiger partial charge on any atom is 0.220 e. The minimum Gasteiger partial charge on any atom is -0.394 e. The van der Waals surface area contributed by atoms with Gasteiger partial charge < -0.3 is 10.4 Å². The largest absolute Gasteiger partial charge is 0.394 e. The van der Waals surface area contributed by atoms with Crippen LogP contribution in [0.4, 0.5) is 0 Å². The lowest BCUT2D eigenvalue weighted by Gasteiger charge is -2.18. The zero-order chi connectivity index (χ0) is 18.8. The molecule has 0 radical (unpaired) electrons. The second kappa shape index (κ2) is 18.2. The smallest absolute Gasteiger partial charge is 0.220 e. The molecule has 1 unspecified atom stereocenters. The Labute approximate surface area is 157 Å². The Hall–Kier alpha value is -0.570. The lowest BCUT2D eigenvalue weighted by atomic mass is 10.0. The summed E-state index contributed by atoms with van der Waals surface area (Å²) >= 11 is 0. The highest BCUT2D eigenvalue weighted by atomic mass is 16.3. The van der Waals surface area contributed by atoms with Crippen LogP contribution in [-0.2, 0) is 4.79 Å². The highest BCUT2D eigenvalue weighted by molar-refractivity contribution is 5.76. The monoisotopic (exact) mass is 355 g/mol. The summed E-state index contributed by atoms with van der Waals surface area (Å²) in [5.41, 5.74) is 0. The van der Waals surface area contributed by atoms with Crippen LogP contribution in [0.1, 0.15) is 117 Å². The van der Waals surface area contributed by atoms with E-state index in [2.05, 4.69) is 26.1 Å². The van der Waals surface area contributed by atoms with Gasteiger partial charge in [-0.3, -0.25) is 4.79 Å². The molecule has 0 aromatic carbocycles. The van der Waals surface area contributed by atoms with Gasteiger partial charge in [0, 0.05) is 6.42 Å². The predicted octanol–water partition coefficient (Wildman–Crippen LogP) is 5.99. The van der Waals surface area contributed by atoms with E-state index < -0.39 is 0 Å². The molecule has 0 aliphatic heterocycles. The summed E-state index contributed by atoms with van der Waals surface area (Å²) in [4.78, 5) is 11.9. The van der Waals surface area contributed by atoms with E-state index in [0.29, 0.717) is 12.3 Å². The quantitative estimate of drug-likeness (QED) is 0.297. The lowest BCUT2D eigenvalue weighted by Crippen LogP contribution is -2.38. The Morgan fingerprint density at radius 3 is 1.64 bits per heavy atom. The van der Waals surface area contributed by atoms with E-state index in [0.717, 1.165) is 19.3 Å². The molecule has 0 aromatic heterocycles. The molecule has 0 aliphatic rings. The molecule has 0 saturated heterocycles. The van der Waals surface area contributed by atoms with Crippen LogP contribution in [0.25, 0.3) is 0 Å². The Balaban J connectivity index is 3.33. The molecule has 0 rings (SSSR count). The summed E-state index contributed by atoms with van der Waals surface area (Å²) in [5.74, 6) is 0.594. The van der Waals surface area contributed by atoms with E-state index in [1.165, 1.54) is 70.6 Å². The zero-order valence-corrected chi connectivity index (χ0v) is 17.3. The van der Waals surface area contributed by atoms with Gasteiger partial charge in [0.25, 0.3) is 0 Å². The van der Waals surface area contributed by atoms with Crippen LogP contribution in [0.2, 0.25) is 0 Å². The fraction of sp³-hybridized carbons (Fsp3) is 0.955. The fourth-order valence-corrected chi connectivity index (χ4v) is 3.35. The van der Waals surface area contributed by atoms with Crippen LogP contribution < -0.4 is 5.32 Å². The van der Waals surface area contributed by atoms with Crippen LogP contribution in [0, 0.1) is 5.92 Å². The van der Waals surface area contributed by atoms with Gasteiger partial charge in [-0.2, -0.15) is 0 Å². The van der Waals surface area contributed by atoms with Crippen molar-refractivity contribution in [2.75, 3.05) is 6.61 Å². The summed E-state index contributed by atoms with van der Waals surface area (Å²) in [6.45, 7) is 6.54. The molecular formula is C22H45NO2. The molecule has 3 heteroatoms. The van der Waals surface area contributed by atoms with Gasteiger partial charge in [0.2, 0.25) is 5.91 Å². The SMILES string of the molecule is CCCCCCCCCCCCCCCC(=O)NC(CO)CC(C)C. The molecule has 0 fully saturated rings. The molecule has 1 atom stereocenters. The molecule has 0 aromatic rings. The molecule has 3 nitrogen and oxygen atoms in total. The van der Waals surface area contributed by atoms with Gasteiger partial charge in [0.15, 0.2) is 0 Å². The third kappa shape index (κ3) is 18.0. The normalized spacial score (nSPS) is 12.5. The fourth-order valence-electron chi connectivity index (χ4n) is 3.35. The number of unbranched alkanes of at least 4 members (excludes halogenated alkanes) is 12. The molecule has 0 heterocycles. The average molecular weight is 356 g/mol. The Kier molecular flexibility index (Phi) is 17.8. The van der Waals surface area contributed by atoms with Gasteiger partial charge in [-0.15, -0.1) is 0 Å². The molecule has 0 spiro atoms. The summed E-state index contributed by atoms with van der Waals surface area (Å²) < 4.78 is 0. The van der Waals surface area contributed by atoms with Crippen molar-refractivity contribution in [2.45, 2.75) is 123 Å². The minimum absolute atomic E-state index is 0.0442. The van der Waals surface area contributed by atoms with Crippen LogP contribution in [0.5, 0.6) is 0 Å². The standard InChI is InChI=1S/C22H45NO2/c1-4-5-6-7-8-9-10-11-12-13-14-15-16-17-22(25)23-21(19-24)18-20(2)3/h20-21,24H,4-19H2,1-3H3,(H,23,25). The van der Waals surface area contributed by atoms with Gasteiger partial charge >= 0.3 is 0 Å². The number of carbonyl (C=O) groups excluding carboxylic acids is 1. The molecule has 1 amide bonds. The highest BCUT2D eigenvalue weighted by Gasteiger charge is 2.12. The van der Waals surface area contributed by atoms with Gasteiger partial charge in [0.1, 0.15) is 0 Å². The van der Waals surface area contributed by atoms with Gasteiger partial charge in [-0.1, -0.05) is 97.8 Å². The number of aliphatic hydroxyl groups is 1. The third-order valence-corrected chi connectivity index (χ3v) is 4.85. The number of hydrogen-bond acceptors (Lipinski definition) is 2. The summed E-state index contributed by atoms with van der Waals surface area (Å²) in [7, 11) is 0. The van der Waals surface area contributed by atoms with Gasteiger partial charge in [0.05, 0.1) is 12.6 Å². The van der Waals surface area contributed by atoms with Crippen molar-refractivity contribution in [2.24, 2.45) is 5.92 Å². The number of amides is 1. The Morgan fingerprint density at radius 2 is 1.24 bits per heavy atom. The van der Waals surface area contributed by atoms with Crippen molar-refractivity contribution in [3.63, 3.8) is 0 Å². The van der Waals surface area contributed by atoms with Crippen LogP contribution in [-0.4, -0.2) is 23.7 Å². The molecule has 25 heavy (non-hydrogen) atoms. The van der Waals surface area contributed by atoms with Gasteiger partial charge in [-0.25, -0.2) is 0 Å². The molecule has 0 bridgehead atoms. The maximum atomic E-state index is 11.9. The lowest BCUT2D eigenvalue weighted by molar-refractivity contribution is -0.122. The van der Waals surface area contributed by atoms with Crippen molar-refractivity contribution in [1.82, 2.24) is 5.32 Å². The predicted molar refractivity (Wildman–Crippen MR) is 109 cm³/mol. The summed E-state index contributed by atoms with van der Waals surface area (Å²) in [6, 6.07) is -0.0746. The Morgan fingerprint density at radius 1 is 0.800 bits per heavy atom. The van der Waals surface area contributed by atoms with Crippen molar-refractivity contribution < 1.29 is 9.90 Å². The number of aliphatic hydroxyl groups excluding tert-OH is 1. The topological polar surface area (TPSA) is 49.3 Å². The first-order valence-corrected chi connectivity index (χ1v) is 11.0. The molecular weight excluding hydrogens is 310 g/mol. The van der Waals surface area contributed by atoms with Crippen molar-refractivity contribution in [1.29, 1.82) is 0 Å². The first-order valence-electron chi connectivity index (χ1n) is 11.0. The molecule has 150 valence electrons. The number of nitrogens with one attached hydrogen (secondary N) is 1. The van der Waals surface area contributed by atoms with Crippen LogP contribution >= 0.6 is 0 Å². The van der Waals surface area contributed by atoms with E-state index >= 15 is 0 Å². The van der Waals surface area contributed by atoms with E-state index in [-0.39, 0.29) is 18.6 Å². The van der Waals surface area contributed by atoms with Crippen molar-refractivity contribution in [3.05, 3.63) is 0 Å². The average Bonchev–Trinajstić information content (AvgIpc) is 2.58. The van der Waals surface area contributed by atoms with Crippen LogP contribution in [0.3, 0.4) is 0 Å².